The Morgan fingerprint density at radius 3 is 2.60 bits per heavy atom. The molecule has 0 unspecified atom stereocenters. The van der Waals surface area contributed by atoms with Gasteiger partial charge in [0.1, 0.15) is 17.9 Å². The molecule has 2 aromatic carbocycles. The van der Waals surface area contributed by atoms with E-state index in [2.05, 4.69) is 51.3 Å². The molecule has 0 aliphatic carbocycles. The number of aromatic nitrogens is 2. The van der Waals surface area contributed by atoms with E-state index in [0.717, 1.165) is 41.5 Å². The number of nitrogens with zero attached hydrogens (tertiary/aromatic N) is 3. The second kappa shape index (κ2) is 7.09. The molecule has 4 nitrogen and oxygen atoms in total. The summed E-state index contributed by atoms with van der Waals surface area (Å²) in [5, 5.41) is 1.10. The van der Waals surface area contributed by atoms with Gasteiger partial charge in [0, 0.05) is 24.5 Å². The topological polar surface area (TPSA) is 38.2 Å². The van der Waals surface area contributed by atoms with E-state index in [4.69, 9.17) is 4.74 Å². The number of hydrogen-bond acceptors (Lipinski definition) is 4. The van der Waals surface area contributed by atoms with E-state index in [1.807, 2.05) is 12.1 Å². The van der Waals surface area contributed by atoms with E-state index in [1.54, 1.807) is 13.4 Å². The monoisotopic (exact) mass is 333 g/mol. The molecule has 1 aromatic heterocycles. The lowest BCUT2D eigenvalue weighted by atomic mass is 9.90. The first-order valence-corrected chi connectivity index (χ1v) is 8.91. The molecule has 1 saturated heterocycles. The second-order valence-corrected chi connectivity index (χ2v) is 6.70. The molecule has 0 amide bonds. The van der Waals surface area contributed by atoms with Gasteiger partial charge in [-0.1, -0.05) is 30.3 Å². The van der Waals surface area contributed by atoms with Crippen LogP contribution in [0.2, 0.25) is 0 Å². The normalized spacial score (nSPS) is 15.5. The number of fused-ring (bicyclic) bond motifs is 1. The van der Waals surface area contributed by atoms with Crippen LogP contribution in [0.1, 0.15) is 18.4 Å². The minimum absolute atomic E-state index is 0.756. The molecule has 25 heavy (non-hydrogen) atoms. The molecular formula is C21H23N3O. The Morgan fingerprint density at radius 2 is 1.84 bits per heavy atom. The highest BCUT2D eigenvalue weighted by molar-refractivity contribution is 5.90. The predicted molar refractivity (Wildman–Crippen MR) is 101 cm³/mol. The summed E-state index contributed by atoms with van der Waals surface area (Å²) in [5.41, 5.74) is 2.39. The molecule has 1 fully saturated rings. The maximum Gasteiger partial charge on any atom is 0.139 e. The van der Waals surface area contributed by atoms with E-state index < -0.39 is 0 Å². The van der Waals surface area contributed by atoms with Gasteiger partial charge in [-0.2, -0.15) is 0 Å². The SMILES string of the molecule is COc1ccc2c(N3CCC(Cc4ccccc4)CC3)ncnc2c1. The number of rotatable bonds is 4. The Bertz CT molecular complexity index is 842. The fourth-order valence-electron chi connectivity index (χ4n) is 3.70. The lowest BCUT2D eigenvalue weighted by molar-refractivity contribution is 0.402. The highest BCUT2D eigenvalue weighted by Gasteiger charge is 2.22. The standard InChI is InChI=1S/C21H23N3O/c1-25-18-7-8-19-20(14-18)22-15-23-21(19)24-11-9-17(10-12-24)13-16-5-3-2-4-6-16/h2-8,14-15,17H,9-13H2,1H3. The van der Waals surface area contributed by atoms with E-state index in [0.29, 0.717) is 0 Å². The van der Waals surface area contributed by atoms with Gasteiger partial charge in [0.2, 0.25) is 0 Å². The van der Waals surface area contributed by atoms with E-state index >= 15 is 0 Å². The third-order valence-corrected chi connectivity index (χ3v) is 5.10. The van der Waals surface area contributed by atoms with Crippen LogP contribution < -0.4 is 9.64 Å². The van der Waals surface area contributed by atoms with Crippen molar-refractivity contribution in [3.8, 4) is 5.75 Å². The zero-order chi connectivity index (χ0) is 17.1. The molecule has 128 valence electrons. The van der Waals surface area contributed by atoms with Crippen LogP contribution in [0, 0.1) is 5.92 Å². The number of benzene rings is 2. The third kappa shape index (κ3) is 3.43. The molecule has 0 bridgehead atoms. The van der Waals surface area contributed by atoms with Gasteiger partial charge in [0.15, 0.2) is 0 Å². The van der Waals surface area contributed by atoms with Gasteiger partial charge >= 0.3 is 0 Å². The summed E-state index contributed by atoms with van der Waals surface area (Å²) < 4.78 is 5.30. The molecule has 0 saturated carbocycles. The molecule has 0 radical (unpaired) electrons. The van der Waals surface area contributed by atoms with Crippen molar-refractivity contribution in [2.45, 2.75) is 19.3 Å². The first-order chi connectivity index (χ1) is 12.3. The van der Waals surface area contributed by atoms with Gasteiger partial charge in [-0.3, -0.25) is 0 Å². The molecule has 4 rings (SSSR count). The van der Waals surface area contributed by atoms with Crippen molar-refractivity contribution < 1.29 is 4.74 Å². The van der Waals surface area contributed by atoms with Crippen molar-refractivity contribution in [1.29, 1.82) is 0 Å². The maximum atomic E-state index is 5.30. The van der Waals surface area contributed by atoms with Gasteiger partial charge in [0.05, 0.1) is 12.6 Å². The van der Waals surface area contributed by atoms with Crippen LogP contribution in [-0.4, -0.2) is 30.2 Å². The van der Waals surface area contributed by atoms with Gasteiger partial charge in [-0.15, -0.1) is 0 Å². The lowest BCUT2D eigenvalue weighted by Crippen LogP contribution is -2.35. The van der Waals surface area contributed by atoms with Crippen LogP contribution in [0.4, 0.5) is 5.82 Å². The highest BCUT2D eigenvalue weighted by atomic mass is 16.5. The predicted octanol–water partition coefficient (Wildman–Crippen LogP) is 4.10. The summed E-state index contributed by atoms with van der Waals surface area (Å²) in [6, 6.07) is 16.8. The summed E-state index contributed by atoms with van der Waals surface area (Å²) in [5.74, 6) is 2.64. The van der Waals surface area contributed by atoms with Gasteiger partial charge < -0.3 is 9.64 Å². The average Bonchev–Trinajstić information content (AvgIpc) is 2.68. The third-order valence-electron chi connectivity index (χ3n) is 5.10. The highest BCUT2D eigenvalue weighted by Crippen LogP contribution is 2.30. The van der Waals surface area contributed by atoms with Gasteiger partial charge in [0.25, 0.3) is 0 Å². The summed E-state index contributed by atoms with van der Waals surface area (Å²) in [7, 11) is 1.68. The van der Waals surface area contributed by atoms with Crippen LogP contribution in [0.3, 0.4) is 0 Å². The molecular weight excluding hydrogens is 310 g/mol. The zero-order valence-electron chi connectivity index (χ0n) is 14.6. The number of piperidine rings is 1. The second-order valence-electron chi connectivity index (χ2n) is 6.70. The Kier molecular flexibility index (Phi) is 4.51. The fraction of sp³-hybridized carbons (Fsp3) is 0.333. The summed E-state index contributed by atoms with van der Waals surface area (Å²) in [4.78, 5) is 11.4. The number of methoxy groups -OCH3 is 1. The Hall–Kier alpha value is -2.62. The maximum absolute atomic E-state index is 5.30. The smallest absolute Gasteiger partial charge is 0.139 e. The minimum atomic E-state index is 0.756. The average molecular weight is 333 g/mol. The molecule has 3 aromatic rings. The first-order valence-electron chi connectivity index (χ1n) is 8.91. The van der Waals surface area contributed by atoms with Crippen molar-refractivity contribution in [3.05, 3.63) is 60.4 Å². The molecule has 0 spiro atoms. The molecule has 0 atom stereocenters. The Balaban J connectivity index is 1.48. The summed E-state index contributed by atoms with van der Waals surface area (Å²) in [6.45, 7) is 2.10. The molecule has 1 aliphatic rings. The van der Waals surface area contributed by atoms with Crippen LogP contribution >= 0.6 is 0 Å². The lowest BCUT2D eigenvalue weighted by Gasteiger charge is -2.33. The Labute approximate surface area is 148 Å². The van der Waals surface area contributed by atoms with E-state index in [1.165, 1.54) is 24.8 Å². The van der Waals surface area contributed by atoms with Crippen molar-refractivity contribution >= 4 is 16.7 Å². The van der Waals surface area contributed by atoms with Gasteiger partial charge in [-0.25, -0.2) is 9.97 Å². The number of hydrogen-bond donors (Lipinski definition) is 0. The first kappa shape index (κ1) is 15.9. The van der Waals surface area contributed by atoms with E-state index in [9.17, 15) is 0 Å². The molecule has 0 N–H and O–H groups in total. The van der Waals surface area contributed by atoms with Gasteiger partial charge in [-0.05, 0) is 42.9 Å². The fourth-order valence-corrected chi connectivity index (χ4v) is 3.70. The molecule has 4 heteroatoms. The number of anilines is 1. The zero-order valence-corrected chi connectivity index (χ0v) is 14.6. The Morgan fingerprint density at radius 1 is 1.04 bits per heavy atom. The van der Waals surface area contributed by atoms with Crippen molar-refractivity contribution in [2.24, 2.45) is 5.92 Å². The van der Waals surface area contributed by atoms with Crippen molar-refractivity contribution in [1.82, 2.24) is 9.97 Å². The van der Waals surface area contributed by atoms with Crippen LogP contribution in [0.5, 0.6) is 5.75 Å². The van der Waals surface area contributed by atoms with Crippen molar-refractivity contribution in [2.75, 3.05) is 25.1 Å². The number of ether oxygens (including phenoxy) is 1. The molecule has 1 aliphatic heterocycles. The summed E-state index contributed by atoms with van der Waals surface area (Å²) in [6.07, 6.45) is 5.25. The summed E-state index contributed by atoms with van der Waals surface area (Å²) >= 11 is 0. The van der Waals surface area contributed by atoms with Crippen LogP contribution in [-0.2, 0) is 6.42 Å². The largest absolute Gasteiger partial charge is 0.497 e. The van der Waals surface area contributed by atoms with Crippen LogP contribution in [0.25, 0.3) is 10.9 Å². The molecule has 2 heterocycles. The van der Waals surface area contributed by atoms with E-state index in [-0.39, 0.29) is 0 Å². The quantitative estimate of drug-likeness (QED) is 0.720. The van der Waals surface area contributed by atoms with Crippen molar-refractivity contribution in [3.63, 3.8) is 0 Å². The minimum Gasteiger partial charge on any atom is -0.497 e. The van der Waals surface area contributed by atoms with Crippen LogP contribution in [0.15, 0.2) is 54.9 Å².